The van der Waals surface area contributed by atoms with Gasteiger partial charge in [-0.15, -0.1) is 0 Å². The number of carbonyl (C=O) groups excluding carboxylic acids is 1. The third-order valence-corrected chi connectivity index (χ3v) is 3.43. The van der Waals surface area contributed by atoms with Crippen molar-refractivity contribution in [2.24, 2.45) is 0 Å². The first kappa shape index (κ1) is 15.5. The number of nitrogens with zero attached hydrogens (tertiary/aromatic N) is 1. The van der Waals surface area contributed by atoms with E-state index in [4.69, 9.17) is 4.74 Å². The number of carboxylic acids is 1. The molecule has 1 amide bonds. The fourth-order valence-corrected chi connectivity index (χ4v) is 2.29. The van der Waals surface area contributed by atoms with Gasteiger partial charge in [0.2, 0.25) is 0 Å². The first-order chi connectivity index (χ1) is 11.6. The topological polar surface area (TPSA) is 88.5 Å². The van der Waals surface area contributed by atoms with Gasteiger partial charge in [-0.1, -0.05) is 30.3 Å². The maximum atomic E-state index is 11.9. The second-order valence-electron chi connectivity index (χ2n) is 5.08. The van der Waals surface area contributed by atoms with Crippen LogP contribution in [0.25, 0.3) is 10.9 Å². The minimum Gasteiger partial charge on any atom is -0.478 e. The molecule has 120 valence electrons. The van der Waals surface area contributed by atoms with Gasteiger partial charge in [-0.25, -0.2) is 9.59 Å². The standard InChI is InChI=1S/C18H14N2O4/c21-17(22)14-8-9-19-16-7-6-13(10-15(14)16)20-18(23)24-11-12-4-2-1-3-5-12/h1-10H,11H2,(H,20,23)(H,21,22). The number of hydrogen-bond donors (Lipinski definition) is 2. The molecular weight excluding hydrogens is 308 g/mol. The fraction of sp³-hybridized carbons (Fsp3) is 0.0556. The Labute approximate surface area is 137 Å². The van der Waals surface area contributed by atoms with Crippen LogP contribution >= 0.6 is 0 Å². The number of hydrogen-bond acceptors (Lipinski definition) is 4. The summed E-state index contributed by atoms with van der Waals surface area (Å²) < 4.78 is 5.14. The number of carbonyl (C=O) groups is 2. The summed E-state index contributed by atoms with van der Waals surface area (Å²) in [5, 5.41) is 12.3. The first-order valence-corrected chi connectivity index (χ1v) is 7.23. The molecule has 1 heterocycles. The molecule has 0 aliphatic rings. The number of carboxylic acid groups (broad SMARTS) is 1. The Bertz CT molecular complexity index is 894. The van der Waals surface area contributed by atoms with Gasteiger partial charge < -0.3 is 9.84 Å². The van der Waals surface area contributed by atoms with E-state index < -0.39 is 12.1 Å². The van der Waals surface area contributed by atoms with Crippen molar-refractivity contribution >= 4 is 28.7 Å². The molecule has 0 saturated carbocycles. The predicted octanol–water partition coefficient (Wildman–Crippen LogP) is 3.68. The van der Waals surface area contributed by atoms with Crippen molar-refractivity contribution in [1.29, 1.82) is 0 Å². The van der Waals surface area contributed by atoms with E-state index in [-0.39, 0.29) is 12.2 Å². The monoisotopic (exact) mass is 322 g/mol. The molecule has 1 aromatic heterocycles. The number of nitrogens with one attached hydrogen (secondary N) is 1. The van der Waals surface area contributed by atoms with Crippen LogP contribution in [0.1, 0.15) is 15.9 Å². The molecule has 0 aliphatic carbocycles. The third-order valence-electron chi connectivity index (χ3n) is 3.43. The van der Waals surface area contributed by atoms with Crippen molar-refractivity contribution in [2.75, 3.05) is 5.32 Å². The smallest absolute Gasteiger partial charge is 0.411 e. The number of aromatic carboxylic acids is 1. The minimum atomic E-state index is -1.05. The van der Waals surface area contributed by atoms with Crippen LogP contribution in [0.3, 0.4) is 0 Å². The van der Waals surface area contributed by atoms with E-state index in [0.29, 0.717) is 16.6 Å². The summed E-state index contributed by atoms with van der Waals surface area (Å²) in [6.07, 6.45) is 0.825. The Hall–Kier alpha value is -3.41. The molecule has 3 aromatic rings. The molecule has 0 radical (unpaired) electrons. The maximum absolute atomic E-state index is 11.9. The molecule has 0 saturated heterocycles. The second kappa shape index (κ2) is 6.78. The van der Waals surface area contributed by atoms with Crippen LogP contribution < -0.4 is 5.32 Å². The Kier molecular flexibility index (Phi) is 4.38. The highest BCUT2D eigenvalue weighted by Crippen LogP contribution is 2.21. The Balaban J connectivity index is 1.74. The lowest BCUT2D eigenvalue weighted by molar-refractivity contribution is 0.0699. The van der Waals surface area contributed by atoms with Crippen molar-refractivity contribution < 1.29 is 19.4 Å². The zero-order chi connectivity index (χ0) is 16.9. The van der Waals surface area contributed by atoms with E-state index in [2.05, 4.69) is 10.3 Å². The summed E-state index contributed by atoms with van der Waals surface area (Å²) in [5.74, 6) is -1.05. The summed E-state index contributed by atoms with van der Waals surface area (Å²) in [6.45, 7) is 0.155. The maximum Gasteiger partial charge on any atom is 0.411 e. The molecule has 0 aliphatic heterocycles. The number of anilines is 1. The lowest BCUT2D eigenvalue weighted by atomic mass is 10.1. The van der Waals surface area contributed by atoms with Crippen LogP contribution in [0.15, 0.2) is 60.8 Å². The van der Waals surface area contributed by atoms with E-state index in [0.717, 1.165) is 5.56 Å². The molecule has 0 spiro atoms. The summed E-state index contributed by atoms with van der Waals surface area (Å²) in [6, 6.07) is 15.6. The van der Waals surface area contributed by atoms with Gasteiger partial charge in [-0.2, -0.15) is 0 Å². The van der Waals surface area contributed by atoms with E-state index in [1.807, 2.05) is 30.3 Å². The van der Waals surface area contributed by atoms with Crippen molar-refractivity contribution in [1.82, 2.24) is 4.98 Å². The number of pyridine rings is 1. The van der Waals surface area contributed by atoms with Crippen molar-refractivity contribution in [3.8, 4) is 0 Å². The highest BCUT2D eigenvalue weighted by Gasteiger charge is 2.11. The fourth-order valence-electron chi connectivity index (χ4n) is 2.29. The van der Waals surface area contributed by atoms with Crippen molar-refractivity contribution in [2.45, 2.75) is 6.61 Å². The van der Waals surface area contributed by atoms with Crippen LogP contribution in [-0.2, 0) is 11.3 Å². The summed E-state index contributed by atoms with van der Waals surface area (Å²) >= 11 is 0. The molecule has 0 fully saturated rings. The lowest BCUT2D eigenvalue weighted by Gasteiger charge is -2.08. The molecule has 6 heteroatoms. The number of benzene rings is 2. The molecule has 24 heavy (non-hydrogen) atoms. The highest BCUT2D eigenvalue weighted by molar-refractivity contribution is 6.03. The van der Waals surface area contributed by atoms with Gasteiger partial charge in [0.1, 0.15) is 6.61 Å². The summed E-state index contributed by atoms with van der Waals surface area (Å²) in [7, 11) is 0. The molecule has 0 bridgehead atoms. The molecule has 3 rings (SSSR count). The van der Waals surface area contributed by atoms with Crippen molar-refractivity contribution in [3.63, 3.8) is 0 Å². The minimum absolute atomic E-state index is 0.126. The zero-order valence-electron chi connectivity index (χ0n) is 12.6. The summed E-state index contributed by atoms with van der Waals surface area (Å²) in [4.78, 5) is 27.3. The highest BCUT2D eigenvalue weighted by atomic mass is 16.5. The predicted molar refractivity (Wildman–Crippen MR) is 89.0 cm³/mol. The second-order valence-corrected chi connectivity index (χ2v) is 5.08. The van der Waals surface area contributed by atoms with Gasteiger partial charge in [0.25, 0.3) is 0 Å². The molecular formula is C18H14N2O4. The van der Waals surface area contributed by atoms with Crippen LogP contribution in [0.2, 0.25) is 0 Å². The van der Waals surface area contributed by atoms with Crippen molar-refractivity contribution in [3.05, 3.63) is 71.9 Å². The van der Waals surface area contributed by atoms with Crippen LogP contribution in [0.5, 0.6) is 0 Å². The number of rotatable bonds is 4. The Morgan fingerprint density at radius 2 is 1.88 bits per heavy atom. The average molecular weight is 322 g/mol. The lowest BCUT2D eigenvalue weighted by Crippen LogP contribution is -2.13. The van der Waals surface area contributed by atoms with Crippen LogP contribution in [0.4, 0.5) is 10.5 Å². The molecule has 0 unspecified atom stereocenters. The van der Waals surface area contributed by atoms with Crippen LogP contribution in [-0.4, -0.2) is 22.2 Å². The van der Waals surface area contributed by atoms with Gasteiger partial charge in [0.15, 0.2) is 0 Å². The van der Waals surface area contributed by atoms with Crippen LogP contribution in [0, 0.1) is 0 Å². The number of aromatic nitrogens is 1. The average Bonchev–Trinajstić information content (AvgIpc) is 2.60. The van der Waals surface area contributed by atoms with Gasteiger partial charge in [-0.3, -0.25) is 10.3 Å². The van der Waals surface area contributed by atoms with E-state index in [1.54, 1.807) is 18.2 Å². The molecule has 6 nitrogen and oxygen atoms in total. The third kappa shape index (κ3) is 3.49. The zero-order valence-corrected chi connectivity index (χ0v) is 12.6. The SMILES string of the molecule is O=C(Nc1ccc2nccc(C(=O)O)c2c1)OCc1ccccc1. The van der Waals surface area contributed by atoms with E-state index in [1.165, 1.54) is 12.3 Å². The van der Waals surface area contributed by atoms with Gasteiger partial charge in [-0.05, 0) is 29.8 Å². The van der Waals surface area contributed by atoms with E-state index in [9.17, 15) is 14.7 Å². The number of ether oxygens (including phenoxy) is 1. The quantitative estimate of drug-likeness (QED) is 0.765. The molecule has 2 aromatic carbocycles. The number of fused-ring (bicyclic) bond motifs is 1. The number of amides is 1. The van der Waals surface area contributed by atoms with Gasteiger partial charge >= 0.3 is 12.1 Å². The normalized spacial score (nSPS) is 10.3. The Morgan fingerprint density at radius 3 is 2.62 bits per heavy atom. The molecule has 0 atom stereocenters. The molecule has 2 N–H and O–H groups in total. The van der Waals surface area contributed by atoms with Gasteiger partial charge in [0.05, 0.1) is 11.1 Å². The summed E-state index contributed by atoms with van der Waals surface area (Å²) in [5.41, 5.74) is 1.99. The van der Waals surface area contributed by atoms with Gasteiger partial charge in [0, 0.05) is 17.3 Å². The largest absolute Gasteiger partial charge is 0.478 e. The first-order valence-electron chi connectivity index (χ1n) is 7.23. The Morgan fingerprint density at radius 1 is 1.08 bits per heavy atom. The van der Waals surface area contributed by atoms with E-state index >= 15 is 0 Å².